The molecule has 0 saturated carbocycles. The molecule has 2 amide bonds. The minimum atomic E-state index is -0.572. The Bertz CT molecular complexity index is 539. The van der Waals surface area contributed by atoms with Crippen LogP contribution < -0.4 is 5.32 Å². The Morgan fingerprint density at radius 1 is 1.48 bits per heavy atom. The van der Waals surface area contributed by atoms with E-state index in [4.69, 9.17) is 4.74 Å². The molecule has 0 unspecified atom stereocenters. The number of anilines is 1. The fraction of sp³-hybridized carbons (Fsp3) is 0.615. The number of carbonyl (C=O) groups excluding carboxylic acids is 2. The monoisotopic (exact) mass is 329 g/mol. The van der Waals surface area contributed by atoms with Gasteiger partial charge in [-0.2, -0.15) is 0 Å². The van der Waals surface area contributed by atoms with Crippen molar-refractivity contribution in [2.45, 2.75) is 39.3 Å². The van der Waals surface area contributed by atoms with Crippen LogP contribution in [-0.4, -0.2) is 45.2 Å². The number of aryl methyl sites for hydroxylation is 1. The standard InChI is InChI=1S/C13H19N3O3S2/c1-8-5-21-11(14-8)15-10(17)9-6-20-7-16(9)12(18)19-13(2,3)4/h5,9H,6-7H2,1-4H3,(H,14,15,17)/t9-/m0/s1. The lowest BCUT2D eigenvalue weighted by Gasteiger charge is -2.27. The summed E-state index contributed by atoms with van der Waals surface area (Å²) in [5.41, 5.74) is 0.290. The third-order valence-electron chi connectivity index (χ3n) is 2.66. The zero-order valence-electron chi connectivity index (χ0n) is 12.5. The van der Waals surface area contributed by atoms with Crippen LogP contribution in [-0.2, 0) is 9.53 Å². The average molecular weight is 329 g/mol. The molecule has 2 heterocycles. The number of nitrogens with one attached hydrogen (secondary N) is 1. The summed E-state index contributed by atoms with van der Waals surface area (Å²) < 4.78 is 5.34. The van der Waals surface area contributed by atoms with E-state index in [0.29, 0.717) is 16.8 Å². The minimum Gasteiger partial charge on any atom is -0.444 e. The van der Waals surface area contributed by atoms with Crippen molar-refractivity contribution in [3.05, 3.63) is 11.1 Å². The molecule has 1 aliphatic heterocycles. The molecule has 1 aliphatic rings. The van der Waals surface area contributed by atoms with Crippen LogP contribution in [0.1, 0.15) is 26.5 Å². The SMILES string of the molecule is Cc1csc(NC(=O)[C@@H]2CSCN2C(=O)OC(C)(C)C)n1. The maximum atomic E-state index is 12.3. The number of amides is 2. The van der Waals surface area contributed by atoms with E-state index in [-0.39, 0.29) is 5.91 Å². The maximum absolute atomic E-state index is 12.3. The molecule has 116 valence electrons. The molecule has 21 heavy (non-hydrogen) atoms. The van der Waals surface area contributed by atoms with Crippen LogP contribution in [0, 0.1) is 6.92 Å². The fourth-order valence-electron chi connectivity index (χ4n) is 1.76. The molecular formula is C13H19N3O3S2. The number of thiazole rings is 1. The number of aromatic nitrogens is 1. The second-order valence-electron chi connectivity index (χ2n) is 5.75. The largest absolute Gasteiger partial charge is 0.444 e. The molecule has 6 nitrogen and oxygen atoms in total. The van der Waals surface area contributed by atoms with Crippen LogP contribution in [0.15, 0.2) is 5.38 Å². The van der Waals surface area contributed by atoms with Crippen molar-refractivity contribution in [2.24, 2.45) is 0 Å². The van der Waals surface area contributed by atoms with Crippen LogP contribution >= 0.6 is 23.1 Å². The highest BCUT2D eigenvalue weighted by Gasteiger charge is 2.37. The zero-order chi connectivity index (χ0) is 15.6. The summed E-state index contributed by atoms with van der Waals surface area (Å²) in [5, 5.41) is 5.18. The van der Waals surface area contributed by atoms with Crippen molar-refractivity contribution in [3.8, 4) is 0 Å². The topological polar surface area (TPSA) is 71.5 Å². The van der Waals surface area contributed by atoms with E-state index in [1.807, 2.05) is 33.1 Å². The predicted octanol–water partition coefficient (Wildman–Crippen LogP) is 2.70. The van der Waals surface area contributed by atoms with Gasteiger partial charge in [-0.3, -0.25) is 9.69 Å². The smallest absolute Gasteiger partial charge is 0.411 e. The van der Waals surface area contributed by atoms with E-state index >= 15 is 0 Å². The molecule has 0 aliphatic carbocycles. The van der Waals surface area contributed by atoms with Crippen LogP contribution in [0.5, 0.6) is 0 Å². The Morgan fingerprint density at radius 2 is 2.19 bits per heavy atom. The van der Waals surface area contributed by atoms with E-state index in [1.54, 1.807) is 0 Å². The molecular weight excluding hydrogens is 310 g/mol. The van der Waals surface area contributed by atoms with Gasteiger partial charge in [-0.15, -0.1) is 23.1 Å². The molecule has 1 atom stereocenters. The van der Waals surface area contributed by atoms with Crippen molar-refractivity contribution in [3.63, 3.8) is 0 Å². The van der Waals surface area contributed by atoms with Gasteiger partial charge in [-0.05, 0) is 27.7 Å². The van der Waals surface area contributed by atoms with Gasteiger partial charge in [0.2, 0.25) is 5.91 Å². The number of thioether (sulfide) groups is 1. The molecule has 1 fully saturated rings. The number of carbonyl (C=O) groups is 2. The first-order valence-electron chi connectivity index (χ1n) is 6.56. The number of rotatable bonds is 2. The van der Waals surface area contributed by atoms with E-state index < -0.39 is 17.7 Å². The first kappa shape index (κ1) is 16.1. The summed E-state index contributed by atoms with van der Waals surface area (Å²) >= 11 is 2.91. The number of nitrogens with zero attached hydrogens (tertiary/aromatic N) is 2. The Balaban J connectivity index is 2.00. The summed E-state index contributed by atoms with van der Waals surface area (Å²) in [6, 6.07) is -0.519. The fourth-order valence-corrected chi connectivity index (χ4v) is 3.59. The second kappa shape index (κ2) is 6.23. The van der Waals surface area contributed by atoms with Crippen molar-refractivity contribution < 1.29 is 14.3 Å². The first-order valence-corrected chi connectivity index (χ1v) is 8.60. The highest BCUT2D eigenvalue weighted by molar-refractivity contribution is 7.99. The molecule has 1 N–H and O–H groups in total. The van der Waals surface area contributed by atoms with Gasteiger partial charge in [0.15, 0.2) is 5.13 Å². The maximum Gasteiger partial charge on any atom is 0.411 e. The van der Waals surface area contributed by atoms with Crippen molar-refractivity contribution >= 4 is 40.2 Å². The molecule has 0 aromatic carbocycles. The lowest BCUT2D eigenvalue weighted by molar-refractivity contribution is -0.120. The van der Waals surface area contributed by atoms with Gasteiger partial charge in [0, 0.05) is 11.1 Å². The van der Waals surface area contributed by atoms with Gasteiger partial charge >= 0.3 is 6.09 Å². The van der Waals surface area contributed by atoms with E-state index in [9.17, 15) is 9.59 Å². The second-order valence-corrected chi connectivity index (χ2v) is 7.61. The molecule has 1 aromatic rings. The Kier molecular flexibility index (Phi) is 4.77. The summed E-state index contributed by atoms with van der Waals surface area (Å²) in [7, 11) is 0. The third-order valence-corrected chi connectivity index (χ3v) is 4.55. The van der Waals surface area contributed by atoms with Gasteiger partial charge in [0.05, 0.1) is 11.6 Å². The molecule has 2 rings (SSSR count). The molecule has 1 aromatic heterocycles. The summed E-state index contributed by atoms with van der Waals surface area (Å²) in [5.74, 6) is 0.805. The molecule has 0 radical (unpaired) electrons. The molecule has 0 bridgehead atoms. The van der Waals surface area contributed by atoms with Crippen molar-refractivity contribution in [1.82, 2.24) is 9.88 Å². The van der Waals surface area contributed by atoms with E-state index in [1.165, 1.54) is 28.0 Å². The summed E-state index contributed by atoms with van der Waals surface area (Å²) in [6.45, 7) is 7.29. The first-order chi connectivity index (χ1) is 9.76. The van der Waals surface area contributed by atoms with Gasteiger partial charge in [0.1, 0.15) is 11.6 Å². The predicted molar refractivity (Wildman–Crippen MR) is 84.7 cm³/mol. The molecule has 0 spiro atoms. The zero-order valence-corrected chi connectivity index (χ0v) is 14.1. The van der Waals surface area contributed by atoms with Crippen LogP contribution in [0.3, 0.4) is 0 Å². The quantitative estimate of drug-likeness (QED) is 0.903. The van der Waals surface area contributed by atoms with Gasteiger partial charge < -0.3 is 10.1 Å². The molecule has 8 heteroatoms. The number of hydrogen-bond acceptors (Lipinski definition) is 6. The van der Waals surface area contributed by atoms with Gasteiger partial charge in [-0.1, -0.05) is 0 Å². The normalized spacial score (nSPS) is 18.7. The van der Waals surface area contributed by atoms with Crippen molar-refractivity contribution in [2.75, 3.05) is 16.9 Å². The summed E-state index contributed by atoms with van der Waals surface area (Å²) in [4.78, 5) is 30.1. The Hall–Kier alpha value is -1.28. The third kappa shape index (κ3) is 4.34. The van der Waals surface area contributed by atoms with E-state index in [2.05, 4.69) is 10.3 Å². The minimum absolute atomic E-state index is 0.222. The van der Waals surface area contributed by atoms with E-state index in [0.717, 1.165) is 5.69 Å². The van der Waals surface area contributed by atoms with Gasteiger partial charge in [-0.25, -0.2) is 9.78 Å². The van der Waals surface area contributed by atoms with Crippen LogP contribution in [0.4, 0.5) is 9.93 Å². The Morgan fingerprint density at radius 3 is 2.76 bits per heavy atom. The lowest BCUT2D eigenvalue weighted by Crippen LogP contribution is -2.46. The van der Waals surface area contributed by atoms with Crippen molar-refractivity contribution in [1.29, 1.82) is 0 Å². The van der Waals surface area contributed by atoms with Crippen LogP contribution in [0.25, 0.3) is 0 Å². The Labute approximate surface area is 132 Å². The highest BCUT2D eigenvalue weighted by Crippen LogP contribution is 2.25. The molecule has 1 saturated heterocycles. The lowest BCUT2D eigenvalue weighted by atomic mass is 10.2. The van der Waals surface area contributed by atoms with Crippen LogP contribution in [0.2, 0.25) is 0 Å². The summed E-state index contributed by atoms with van der Waals surface area (Å²) in [6.07, 6.45) is -0.456. The average Bonchev–Trinajstić information content (AvgIpc) is 2.95. The number of ether oxygens (including phenoxy) is 1. The number of hydrogen-bond donors (Lipinski definition) is 1. The van der Waals surface area contributed by atoms with Gasteiger partial charge in [0.25, 0.3) is 0 Å². The highest BCUT2D eigenvalue weighted by atomic mass is 32.2.